The molecule has 0 aromatic carbocycles. The Morgan fingerprint density at radius 2 is 2.47 bits per heavy atom. The number of carbonyl (C=O) groups excluding carboxylic acids is 1. The summed E-state index contributed by atoms with van der Waals surface area (Å²) >= 11 is 1.46. The zero-order valence-corrected chi connectivity index (χ0v) is 12.5. The Kier molecular flexibility index (Phi) is 4.76. The van der Waals surface area contributed by atoms with Crippen LogP contribution < -0.4 is 5.32 Å². The fourth-order valence-electron chi connectivity index (χ4n) is 2.43. The van der Waals surface area contributed by atoms with Gasteiger partial charge in [-0.15, -0.1) is 11.3 Å². The Bertz CT molecular complexity index is 435. The summed E-state index contributed by atoms with van der Waals surface area (Å²) in [6, 6.07) is 0.393. The van der Waals surface area contributed by atoms with Crippen LogP contribution in [0, 0.1) is 5.92 Å². The molecule has 2 unspecified atom stereocenters. The molecular formula is C13H21N3O2S. The number of piperidine rings is 1. The van der Waals surface area contributed by atoms with E-state index in [9.17, 15) is 4.79 Å². The number of ether oxygens (including phenoxy) is 1. The second-order valence-electron chi connectivity index (χ2n) is 5.03. The first kappa shape index (κ1) is 14.3. The smallest absolute Gasteiger partial charge is 0.360 e. The summed E-state index contributed by atoms with van der Waals surface area (Å²) in [6.45, 7) is 6.57. The molecule has 1 fully saturated rings. The number of likely N-dealkylation sites (tertiary alicyclic amines) is 1. The molecule has 106 valence electrons. The summed E-state index contributed by atoms with van der Waals surface area (Å²) in [5.74, 6) is 0.211. The molecule has 2 rings (SSSR count). The first-order chi connectivity index (χ1) is 9.11. The van der Waals surface area contributed by atoms with Crippen LogP contribution in [0.2, 0.25) is 0 Å². The standard InChI is InChI=1S/C13H21N3O2S/c1-4-18-13(17)11-12(19-8-14-11)15-10-5-6-16(3)7-9(10)2/h8-10,15H,4-7H2,1-3H3. The van der Waals surface area contributed by atoms with Crippen LogP contribution in [0.3, 0.4) is 0 Å². The van der Waals surface area contributed by atoms with Crippen LogP contribution in [0.5, 0.6) is 0 Å². The van der Waals surface area contributed by atoms with Gasteiger partial charge in [0.1, 0.15) is 5.00 Å². The van der Waals surface area contributed by atoms with Gasteiger partial charge < -0.3 is 15.0 Å². The quantitative estimate of drug-likeness (QED) is 0.857. The maximum absolute atomic E-state index is 11.8. The molecule has 0 amide bonds. The van der Waals surface area contributed by atoms with Gasteiger partial charge in [0.2, 0.25) is 0 Å². The van der Waals surface area contributed by atoms with Gasteiger partial charge in [0, 0.05) is 12.6 Å². The van der Waals surface area contributed by atoms with Crippen LogP contribution in [-0.2, 0) is 4.74 Å². The maximum atomic E-state index is 11.8. The number of aromatic nitrogens is 1. The van der Waals surface area contributed by atoms with Crippen LogP contribution in [-0.4, -0.2) is 48.6 Å². The van der Waals surface area contributed by atoms with E-state index in [2.05, 4.69) is 29.2 Å². The van der Waals surface area contributed by atoms with Crippen molar-refractivity contribution < 1.29 is 9.53 Å². The minimum absolute atomic E-state index is 0.341. The lowest BCUT2D eigenvalue weighted by molar-refractivity contribution is 0.0521. The van der Waals surface area contributed by atoms with E-state index in [0.29, 0.717) is 24.3 Å². The molecule has 1 aliphatic rings. The molecule has 0 spiro atoms. The molecule has 0 bridgehead atoms. The Morgan fingerprint density at radius 1 is 1.68 bits per heavy atom. The number of carbonyl (C=O) groups is 1. The molecule has 1 saturated heterocycles. The number of rotatable bonds is 4. The molecule has 2 heterocycles. The minimum Gasteiger partial charge on any atom is -0.461 e. The summed E-state index contributed by atoms with van der Waals surface area (Å²) in [6.07, 6.45) is 1.08. The molecular weight excluding hydrogens is 262 g/mol. The van der Waals surface area contributed by atoms with E-state index in [4.69, 9.17) is 4.74 Å². The topological polar surface area (TPSA) is 54.5 Å². The third kappa shape index (κ3) is 3.45. The first-order valence-corrected chi connectivity index (χ1v) is 7.55. The van der Waals surface area contributed by atoms with Gasteiger partial charge in [-0.25, -0.2) is 9.78 Å². The number of nitrogens with zero attached hydrogens (tertiary/aromatic N) is 2. The molecule has 0 saturated carbocycles. The fourth-order valence-corrected chi connectivity index (χ4v) is 3.16. The van der Waals surface area contributed by atoms with E-state index in [0.717, 1.165) is 24.5 Å². The van der Waals surface area contributed by atoms with Gasteiger partial charge in [0.25, 0.3) is 0 Å². The van der Waals surface area contributed by atoms with Crippen molar-refractivity contribution >= 4 is 22.3 Å². The lowest BCUT2D eigenvalue weighted by atomic mass is 9.94. The zero-order valence-electron chi connectivity index (χ0n) is 11.7. The summed E-state index contributed by atoms with van der Waals surface area (Å²) in [7, 11) is 2.14. The number of hydrogen-bond donors (Lipinski definition) is 1. The van der Waals surface area contributed by atoms with Crippen LogP contribution >= 0.6 is 11.3 Å². The van der Waals surface area contributed by atoms with Crippen LogP contribution in [0.15, 0.2) is 5.51 Å². The molecule has 1 N–H and O–H groups in total. The first-order valence-electron chi connectivity index (χ1n) is 6.67. The number of nitrogens with one attached hydrogen (secondary N) is 1. The van der Waals surface area contributed by atoms with Crippen LogP contribution in [0.4, 0.5) is 5.00 Å². The monoisotopic (exact) mass is 283 g/mol. The van der Waals surface area contributed by atoms with Gasteiger partial charge in [-0.05, 0) is 32.9 Å². The molecule has 1 aromatic rings. The molecule has 0 aliphatic carbocycles. The summed E-state index contributed by atoms with van der Waals surface area (Å²) in [4.78, 5) is 18.2. The zero-order chi connectivity index (χ0) is 13.8. The van der Waals surface area contributed by atoms with E-state index >= 15 is 0 Å². The predicted molar refractivity (Wildman–Crippen MR) is 76.8 cm³/mol. The second kappa shape index (κ2) is 6.34. The highest BCUT2D eigenvalue weighted by Crippen LogP contribution is 2.26. The third-order valence-electron chi connectivity index (χ3n) is 3.46. The van der Waals surface area contributed by atoms with Gasteiger partial charge >= 0.3 is 5.97 Å². The van der Waals surface area contributed by atoms with Crippen molar-refractivity contribution in [1.82, 2.24) is 9.88 Å². The van der Waals surface area contributed by atoms with Gasteiger partial charge in [-0.3, -0.25) is 0 Å². The molecule has 19 heavy (non-hydrogen) atoms. The highest BCUT2D eigenvalue weighted by atomic mass is 32.1. The van der Waals surface area contributed by atoms with E-state index in [-0.39, 0.29) is 5.97 Å². The minimum atomic E-state index is -0.341. The Morgan fingerprint density at radius 3 is 3.16 bits per heavy atom. The maximum Gasteiger partial charge on any atom is 0.360 e. The number of anilines is 1. The van der Waals surface area contributed by atoms with Gasteiger partial charge in [0.15, 0.2) is 5.69 Å². The largest absolute Gasteiger partial charge is 0.461 e. The molecule has 6 heteroatoms. The lowest BCUT2D eigenvalue weighted by Crippen LogP contribution is -2.43. The van der Waals surface area contributed by atoms with Crippen molar-refractivity contribution in [3.63, 3.8) is 0 Å². The van der Waals surface area contributed by atoms with E-state index in [1.165, 1.54) is 11.3 Å². The number of esters is 1. The van der Waals surface area contributed by atoms with Gasteiger partial charge in [-0.1, -0.05) is 6.92 Å². The van der Waals surface area contributed by atoms with Crippen molar-refractivity contribution in [3.05, 3.63) is 11.2 Å². The summed E-state index contributed by atoms with van der Waals surface area (Å²) < 4.78 is 5.02. The van der Waals surface area contributed by atoms with Crippen LogP contribution in [0.1, 0.15) is 30.8 Å². The van der Waals surface area contributed by atoms with E-state index < -0.39 is 0 Å². The SMILES string of the molecule is CCOC(=O)c1ncsc1NC1CCN(C)CC1C. The Labute approximate surface area is 118 Å². The highest BCUT2D eigenvalue weighted by Gasteiger charge is 2.26. The average molecular weight is 283 g/mol. The molecule has 1 aliphatic heterocycles. The Balaban J connectivity index is 2.03. The van der Waals surface area contributed by atoms with Crippen molar-refractivity contribution in [2.24, 2.45) is 5.92 Å². The highest BCUT2D eigenvalue weighted by molar-refractivity contribution is 7.14. The summed E-state index contributed by atoms with van der Waals surface area (Å²) in [5.41, 5.74) is 2.10. The molecule has 2 atom stereocenters. The summed E-state index contributed by atoms with van der Waals surface area (Å²) in [5, 5.41) is 4.30. The van der Waals surface area contributed by atoms with E-state index in [1.54, 1.807) is 12.4 Å². The second-order valence-corrected chi connectivity index (χ2v) is 5.88. The predicted octanol–water partition coefficient (Wildman–Crippen LogP) is 2.07. The Hall–Kier alpha value is -1.14. The number of hydrogen-bond acceptors (Lipinski definition) is 6. The van der Waals surface area contributed by atoms with Crippen molar-refractivity contribution in [3.8, 4) is 0 Å². The van der Waals surface area contributed by atoms with Crippen molar-refractivity contribution in [1.29, 1.82) is 0 Å². The molecule has 5 nitrogen and oxygen atoms in total. The molecule has 1 aromatic heterocycles. The fraction of sp³-hybridized carbons (Fsp3) is 0.692. The third-order valence-corrected chi connectivity index (χ3v) is 4.22. The number of thiazole rings is 1. The van der Waals surface area contributed by atoms with Gasteiger partial charge in [0.05, 0.1) is 12.1 Å². The van der Waals surface area contributed by atoms with Crippen LogP contribution in [0.25, 0.3) is 0 Å². The van der Waals surface area contributed by atoms with Crippen molar-refractivity contribution in [2.45, 2.75) is 26.3 Å². The van der Waals surface area contributed by atoms with E-state index in [1.807, 2.05) is 0 Å². The average Bonchev–Trinajstić information content (AvgIpc) is 2.81. The molecule has 0 radical (unpaired) electrons. The lowest BCUT2D eigenvalue weighted by Gasteiger charge is -2.35. The normalized spacial score (nSPS) is 24.2. The van der Waals surface area contributed by atoms with Gasteiger partial charge in [-0.2, -0.15) is 0 Å². The van der Waals surface area contributed by atoms with Crippen molar-refractivity contribution in [2.75, 3.05) is 32.1 Å².